The first-order valence-corrected chi connectivity index (χ1v) is 6.64. The summed E-state index contributed by atoms with van der Waals surface area (Å²) in [6.45, 7) is 3.96. The predicted molar refractivity (Wildman–Crippen MR) is 82.2 cm³/mol. The molecular weight excluding hydrogens is 266 g/mol. The number of hydrogen-bond donors (Lipinski definition) is 1. The first kappa shape index (κ1) is 13.4. The van der Waals surface area contributed by atoms with Crippen LogP contribution in [0.1, 0.15) is 21.5 Å². The summed E-state index contributed by atoms with van der Waals surface area (Å²) in [5.74, 6) is -0.334. The summed E-state index contributed by atoms with van der Waals surface area (Å²) in [7, 11) is 1.56. The summed E-state index contributed by atoms with van der Waals surface area (Å²) in [6.07, 6.45) is 0. The number of nitrogens with zero attached hydrogens (tertiary/aromatic N) is 1. The third kappa shape index (κ3) is 2.00. The van der Waals surface area contributed by atoms with Crippen molar-refractivity contribution in [2.75, 3.05) is 7.11 Å². The van der Waals surface area contributed by atoms with Crippen molar-refractivity contribution in [3.63, 3.8) is 0 Å². The lowest BCUT2D eigenvalue weighted by Crippen LogP contribution is -2.02. The predicted octanol–water partition coefficient (Wildman–Crippen LogP) is 3.71. The Kier molecular flexibility index (Phi) is 3.01. The molecule has 4 nitrogen and oxygen atoms in total. The molecule has 0 atom stereocenters. The second-order valence-corrected chi connectivity index (χ2v) is 5.08. The van der Waals surface area contributed by atoms with Crippen molar-refractivity contribution in [2.45, 2.75) is 13.8 Å². The van der Waals surface area contributed by atoms with Gasteiger partial charge in [0.15, 0.2) is 0 Å². The smallest absolute Gasteiger partial charge is 0.337 e. The molecule has 0 fully saturated rings. The zero-order valence-electron chi connectivity index (χ0n) is 12.1. The number of aryl methyl sites for hydroxylation is 2. The van der Waals surface area contributed by atoms with Crippen molar-refractivity contribution in [3.8, 4) is 5.75 Å². The average Bonchev–Trinajstić information content (AvgIpc) is 2.48. The molecule has 0 aliphatic heterocycles. The molecule has 1 heterocycles. The van der Waals surface area contributed by atoms with Gasteiger partial charge < -0.3 is 9.84 Å². The topological polar surface area (TPSA) is 59.4 Å². The molecule has 0 amide bonds. The van der Waals surface area contributed by atoms with Crippen LogP contribution in [-0.2, 0) is 0 Å². The van der Waals surface area contributed by atoms with Crippen LogP contribution in [0.2, 0.25) is 0 Å². The van der Waals surface area contributed by atoms with Gasteiger partial charge in [0.1, 0.15) is 5.75 Å². The molecule has 0 bridgehead atoms. The van der Waals surface area contributed by atoms with Crippen LogP contribution in [0.15, 0.2) is 30.3 Å². The maximum absolute atomic E-state index is 11.8. The lowest BCUT2D eigenvalue weighted by atomic mass is 9.98. The number of methoxy groups -OCH3 is 1. The molecule has 3 aromatic rings. The van der Waals surface area contributed by atoms with Gasteiger partial charge in [0.25, 0.3) is 0 Å². The minimum absolute atomic E-state index is 0.275. The summed E-state index contributed by atoms with van der Waals surface area (Å²) in [6, 6.07) is 9.06. The number of carbonyl (C=O) groups is 1. The van der Waals surface area contributed by atoms with Crippen LogP contribution in [0.3, 0.4) is 0 Å². The van der Waals surface area contributed by atoms with Crippen molar-refractivity contribution in [1.29, 1.82) is 0 Å². The van der Waals surface area contributed by atoms with Gasteiger partial charge in [-0.05, 0) is 43.2 Å². The number of aromatic carboxylic acids is 1. The molecule has 21 heavy (non-hydrogen) atoms. The van der Waals surface area contributed by atoms with E-state index in [1.54, 1.807) is 25.3 Å². The Bertz CT molecular complexity index is 884. The fourth-order valence-corrected chi connectivity index (χ4v) is 2.58. The van der Waals surface area contributed by atoms with Crippen molar-refractivity contribution in [3.05, 3.63) is 47.0 Å². The summed E-state index contributed by atoms with van der Waals surface area (Å²) >= 11 is 0. The average molecular weight is 281 g/mol. The van der Waals surface area contributed by atoms with E-state index in [0.29, 0.717) is 22.0 Å². The van der Waals surface area contributed by atoms with Crippen LogP contribution >= 0.6 is 0 Å². The minimum atomic E-state index is -0.955. The Labute approximate surface area is 122 Å². The fraction of sp³-hybridized carbons (Fsp3) is 0.176. The van der Waals surface area contributed by atoms with Crippen LogP contribution in [0.4, 0.5) is 0 Å². The van der Waals surface area contributed by atoms with Gasteiger partial charge in [-0.15, -0.1) is 0 Å². The molecule has 1 N–H and O–H groups in total. The lowest BCUT2D eigenvalue weighted by Gasteiger charge is -2.11. The number of pyridine rings is 1. The van der Waals surface area contributed by atoms with E-state index in [0.717, 1.165) is 16.6 Å². The zero-order valence-corrected chi connectivity index (χ0v) is 12.1. The van der Waals surface area contributed by atoms with E-state index in [-0.39, 0.29) is 5.56 Å². The van der Waals surface area contributed by atoms with E-state index in [2.05, 4.69) is 4.98 Å². The van der Waals surface area contributed by atoms with Crippen molar-refractivity contribution < 1.29 is 14.6 Å². The Morgan fingerprint density at radius 3 is 2.57 bits per heavy atom. The van der Waals surface area contributed by atoms with Crippen molar-refractivity contribution in [1.82, 2.24) is 4.98 Å². The Balaban J connectivity index is 2.56. The molecule has 0 saturated carbocycles. The highest BCUT2D eigenvalue weighted by molar-refractivity contribution is 6.14. The highest BCUT2D eigenvalue weighted by atomic mass is 16.5. The normalized spacial score (nSPS) is 11.0. The maximum Gasteiger partial charge on any atom is 0.337 e. The number of benzene rings is 2. The van der Waals surface area contributed by atoms with E-state index < -0.39 is 5.97 Å². The zero-order chi connectivity index (χ0) is 15.1. The third-order valence-corrected chi connectivity index (χ3v) is 3.89. The standard InChI is InChI=1S/C17H15NO3/c1-9-4-6-12-15(17(19)20)13-8-11(21-3)5-7-14(13)18-16(12)10(9)2/h4-8H,1-3H3,(H,19,20). The summed E-state index contributed by atoms with van der Waals surface area (Å²) < 4.78 is 5.19. The molecule has 1 aromatic heterocycles. The van der Waals surface area contributed by atoms with E-state index >= 15 is 0 Å². The highest BCUT2D eigenvalue weighted by Gasteiger charge is 2.17. The number of aromatic nitrogens is 1. The Morgan fingerprint density at radius 1 is 1.14 bits per heavy atom. The molecule has 4 heteroatoms. The monoisotopic (exact) mass is 281 g/mol. The summed E-state index contributed by atoms with van der Waals surface area (Å²) in [5, 5.41) is 10.9. The Morgan fingerprint density at radius 2 is 1.90 bits per heavy atom. The van der Waals surface area contributed by atoms with Gasteiger partial charge in [0.2, 0.25) is 0 Å². The SMILES string of the molecule is COc1ccc2nc3c(C)c(C)ccc3c(C(=O)O)c2c1. The molecule has 0 aliphatic rings. The van der Waals surface area contributed by atoms with Gasteiger partial charge >= 0.3 is 5.97 Å². The van der Waals surface area contributed by atoms with Crippen LogP contribution in [0.25, 0.3) is 21.8 Å². The van der Waals surface area contributed by atoms with Crippen molar-refractivity contribution in [2.24, 2.45) is 0 Å². The number of rotatable bonds is 2. The van der Waals surface area contributed by atoms with Crippen LogP contribution in [0.5, 0.6) is 5.75 Å². The number of carboxylic acid groups (broad SMARTS) is 1. The Hall–Kier alpha value is -2.62. The first-order chi connectivity index (χ1) is 10.0. The lowest BCUT2D eigenvalue weighted by molar-refractivity contribution is 0.0701. The van der Waals surface area contributed by atoms with Gasteiger partial charge in [-0.2, -0.15) is 0 Å². The van der Waals surface area contributed by atoms with E-state index in [1.807, 2.05) is 26.0 Å². The number of fused-ring (bicyclic) bond motifs is 2. The van der Waals surface area contributed by atoms with E-state index in [9.17, 15) is 9.90 Å². The number of carboxylic acids is 1. The molecule has 0 spiro atoms. The second-order valence-electron chi connectivity index (χ2n) is 5.08. The fourth-order valence-electron chi connectivity index (χ4n) is 2.58. The molecule has 0 aliphatic carbocycles. The molecule has 0 saturated heterocycles. The van der Waals surface area contributed by atoms with Gasteiger partial charge in [-0.1, -0.05) is 12.1 Å². The van der Waals surface area contributed by atoms with Gasteiger partial charge in [0, 0.05) is 10.8 Å². The molecule has 2 aromatic carbocycles. The van der Waals surface area contributed by atoms with Crippen LogP contribution in [0, 0.1) is 13.8 Å². The van der Waals surface area contributed by atoms with Crippen molar-refractivity contribution >= 4 is 27.8 Å². The van der Waals surface area contributed by atoms with E-state index in [4.69, 9.17) is 4.74 Å². The minimum Gasteiger partial charge on any atom is -0.497 e. The van der Waals surface area contributed by atoms with Gasteiger partial charge in [0.05, 0.1) is 23.7 Å². The number of ether oxygens (including phenoxy) is 1. The molecule has 0 radical (unpaired) electrons. The van der Waals surface area contributed by atoms with Gasteiger partial charge in [-0.3, -0.25) is 0 Å². The van der Waals surface area contributed by atoms with Gasteiger partial charge in [-0.25, -0.2) is 9.78 Å². The van der Waals surface area contributed by atoms with E-state index in [1.165, 1.54) is 0 Å². The number of hydrogen-bond acceptors (Lipinski definition) is 3. The maximum atomic E-state index is 11.8. The quantitative estimate of drug-likeness (QED) is 0.727. The highest BCUT2D eigenvalue weighted by Crippen LogP contribution is 2.31. The molecular formula is C17H15NO3. The molecule has 3 rings (SSSR count). The third-order valence-electron chi connectivity index (χ3n) is 3.89. The van der Waals surface area contributed by atoms with Crippen LogP contribution in [-0.4, -0.2) is 23.2 Å². The first-order valence-electron chi connectivity index (χ1n) is 6.64. The van der Waals surface area contributed by atoms with Crippen LogP contribution < -0.4 is 4.74 Å². The molecule has 106 valence electrons. The summed E-state index contributed by atoms with van der Waals surface area (Å²) in [5.41, 5.74) is 3.78. The summed E-state index contributed by atoms with van der Waals surface area (Å²) in [4.78, 5) is 16.4. The second kappa shape index (κ2) is 4.74. The molecule has 0 unspecified atom stereocenters. The largest absolute Gasteiger partial charge is 0.497 e.